The third kappa shape index (κ3) is 9.23. The first kappa shape index (κ1) is 23.2. The molecule has 0 aliphatic carbocycles. The number of aromatic nitrogens is 1. The van der Waals surface area contributed by atoms with Crippen molar-refractivity contribution >= 4 is 29.9 Å². The van der Waals surface area contributed by atoms with Crippen LogP contribution in [0, 0.1) is 0 Å². The van der Waals surface area contributed by atoms with Crippen LogP contribution in [0.2, 0.25) is 0 Å². The van der Waals surface area contributed by atoms with Gasteiger partial charge < -0.3 is 25.0 Å². The largest absolute Gasteiger partial charge is 0.357 e. The summed E-state index contributed by atoms with van der Waals surface area (Å²) in [6, 6.07) is 4.11. The van der Waals surface area contributed by atoms with E-state index in [0.717, 1.165) is 38.6 Å². The molecule has 150 valence electrons. The number of hydrogen-bond donors (Lipinski definition) is 2. The van der Waals surface area contributed by atoms with Crippen LogP contribution in [-0.4, -0.2) is 79.2 Å². The van der Waals surface area contributed by atoms with Gasteiger partial charge in [0, 0.05) is 64.8 Å². The van der Waals surface area contributed by atoms with Crippen LogP contribution in [0.15, 0.2) is 29.5 Å². The Labute approximate surface area is 176 Å². The fourth-order valence-corrected chi connectivity index (χ4v) is 3.13. The van der Waals surface area contributed by atoms with Crippen LogP contribution in [0.4, 0.5) is 0 Å². The predicted molar refractivity (Wildman–Crippen MR) is 122 cm³/mol. The topological polar surface area (TPSA) is 47.8 Å². The third-order valence-electron chi connectivity index (χ3n) is 4.74. The summed E-state index contributed by atoms with van der Waals surface area (Å²) >= 11 is 0. The van der Waals surface area contributed by atoms with Crippen molar-refractivity contribution < 1.29 is 0 Å². The van der Waals surface area contributed by atoms with Crippen LogP contribution in [0.25, 0.3) is 0 Å². The van der Waals surface area contributed by atoms with Gasteiger partial charge in [0.2, 0.25) is 0 Å². The summed E-state index contributed by atoms with van der Waals surface area (Å²) in [7, 11) is 0. The van der Waals surface area contributed by atoms with Crippen molar-refractivity contribution in [1.82, 2.24) is 25.0 Å². The number of nitrogens with zero attached hydrogens (tertiary/aromatic N) is 4. The second kappa shape index (κ2) is 14.3. The molecule has 0 radical (unpaired) electrons. The standard InChI is InChI=1S/C19H36N6.HI/c1-3-20-19(22-10-14-24-12-7-8-13-24)21-9-5-6-11-25-17-15-23(4-2)16-18-25;/h7-8,12-13H,3-6,9-11,14-18H2,1-2H3,(H2,20,21,22);1H. The lowest BCUT2D eigenvalue weighted by Gasteiger charge is -2.33. The Kier molecular flexibility index (Phi) is 12.8. The van der Waals surface area contributed by atoms with Gasteiger partial charge in [0.05, 0.1) is 0 Å². The van der Waals surface area contributed by atoms with Gasteiger partial charge in [0.15, 0.2) is 5.96 Å². The minimum absolute atomic E-state index is 0. The summed E-state index contributed by atoms with van der Waals surface area (Å²) in [4.78, 5) is 9.82. The Morgan fingerprint density at radius 2 is 1.62 bits per heavy atom. The van der Waals surface area contributed by atoms with E-state index in [2.05, 4.69) is 63.4 Å². The highest BCUT2D eigenvalue weighted by atomic mass is 127. The fourth-order valence-electron chi connectivity index (χ4n) is 3.13. The van der Waals surface area contributed by atoms with Gasteiger partial charge in [-0.3, -0.25) is 4.99 Å². The Morgan fingerprint density at radius 1 is 0.923 bits per heavy atom. The molecule has 0 atom stereocenters. The molecule has 2 rings (SSSR count). The molecular weight excluding hydrogens is 439 g/mol. The number of halogens is 1. The number of piperazine rings is 1. The number of aliphatic imine (C=N–C) groups is 1. The Bertz CT molecular complexity index is 468. The van der Waals surface area contributed by atoms with E-state index in [4.69, 9.17) is 4.99 Å². The first-order chi connectivity index (χ1) is 12.3. The molecule has 0 aromatic carbocycles. The van der Waals surface area contributed by atoms with E-state index in [1.807, 2.05) is 0 Å². The van der Waals surface area contributed by atoms with Crippen LogP contribution in [-0.2, 0) is 6.54 Å². The first-order valence-electron chi connectivity index (χ1n) is 9.89. The zero-order valence-corrected chi connectivity index (χ0v) is 18.8. The van der Waals surface area contributed by atoms with Gasteiger partial charge in [-0.2, -0.15) is 0 Å². The van der Waals surface area contributed by atoms with Gasteiger partial charge in [-0.05, 0) is 45.0 Å². The van der Waals surface area contributed by atoms with E-state index in [-0.39, 0.29) is 24.0 Å². The molecule has 0 amide bonds. The van der Waals surface area contributed by atoms with E-state index in [9.17, 15) is 0 Å². The maximum absolute atomic E-state index is 4.70. The lowest BCUT2D eigenvalue weighted by molar-refractivity contribution is 0.136. The van der Waals surface area contributed by atoms with E-state index in [0.29, 0.717) is 0 Å². The van der Waals surface area contributed by atoms with Crippen LogP contribution in [0.5, 0.6) is 0 Å². The molecule has 0 unspecified atom stereocenters. The molecule has 0 spiro atoms. The molecule has 2 heterocycles. The first-order valence-corrected chi connectivity index (χ1v) is 9.89. The van der Waals surface area contributed by atoms with Crippen molar-refractivity contribution in [2.45, 2.75) is 33.2 Å². The molecule has 1 saturated heterocycles. The minimum Gasteiger partial charge on any atom is -0.357 e. The summed E-state index contributed by atoms with van der Waals surface area (Å²) in [6.45, 7) is 15.3. The number of rotatable bonds is 10. The normalized spacial score (nSPS) is 16.3. The zero-order valence-electron chi connectivity index (χ0n) is 16.5. The average Bonchev–Trinajstić information content (AvgIpc) is 3.15. The Hall–Kier alpha value is -0.800. The zero-order chi connectivity index (χ0) is 17.7. The van der Waals surface area contributed by atoms with Crippen molar-refractivity contribution in [3.8, 4) is 0 Å². The average molecular weight is 476 g/mol. The Balaban J connectivity index is 0.00000338. The lowest BCUT2D eigenvalue weighted by Crippen LogP contribution is -2.46. The van der Waals surface area contributed by atoms with Crippen molar-refractivity contribution in [2.24, 2.45) is 4.99 Å². The maximum atomic E-state index is 4.70. The summed E-state index contributed by atoms with van der Waals surface area (Å²) in [5.74, 6) is 0.936. The van der Waals surface area contributed by atoms with Crippen molar-refractivity contribution in [3.63, 3.8) is 0 Å². The number of nitrogens with one attached hydrogen (secondary N) is 2. The van der Waals surface area contributed by atoms with Gasteiger partial charge >= 0.3 is 0 Å². The molecule has 1 aliphatic heterocycles. The van der Waals surface area contributed by atoms with E-state index < -0.39 is 0 Å². The van der Waals surface area contributed by atoms with Crippen LogP contribution < -0.4 is 10.6 Å². The number of unbranched alkanes of at least 4 members (excludes halogenated alkanes) is 1. The quantitative estimate of drug-likeness (QED) is 0.235. The number of guanidine groups is 1. The van der Waals surface area contributed by atoms with Crippen LogP contribution in [0.3, 0.4) is 0 Å². The summed E-state index contributed by atoms with van der Waals surface area (Å²) in [5.41, 5.74) is 0. The highest BCUT2D eigenvalue weighted by Gasteiger charge is 2.14. The summed E-state index contributed by atoms with van der Waals surface area (Å²) in [6.07, 6.45) is 6.57. The Morgan fingerprint density at radius 3 is 2.27 bits per heavy atom. The second-order valence-corrected chi connectivity index (χ2v) is 6.59. The molecule has 1 aromatic heterocycles. The van der Waals surface area contributed by atoms with E-state index >= 15 is 0 Å². The van der Waals surface area contributed by atoms with Crippen molar-refractivity contribution in [3.05, 3.63) is 24.5 Å². The molecular formula is C19H37IN6. The molecule has 0 saturated carbocycles. The molecule has 7 heteroatoms. The van der Waals surface area contributed by atoms with E-state index in [1.165, 1.54) is 45.7 Å². The fraction of sp³-hybridized carbons (Fsp3) is 0.737. The van der Waals surface area contributed by atoms with E-state index in [1.54, 1.807) is 0 Å². The minimum atomic E-state index is 0. The highest BCUT2D eigenvalue weighted by molar-refractivity contribution is 14.0. The smallest absolute Gasteiger partial charge is 0.191 e. The number of hydrogen-bond acceptors (Lipinski definition) is 3. The van der Waals surface area contributed by atoms with Gasteiger partial charge in [-0.15, -0.1) is 24.0 Å². The molecule has 1 fully saturated rings. The maximum Gasteiger partial charge on any atom is 0.191 e. The van der Waals surface area contributed by atoms with Gasteiger partial charge in [-0.1, -0.05) is 6.92 Å². The van der Waals surface area contributed by atoms with Gasteiger partial charge in [0.25, 0.3) is 0 Å². The third-order valence-corrected chi connectivity index (χ3v) is 4.74. The SMILES string of the molecule is CCNC(=NCCCCN1CCN(CC)CC1)NCCn1cccc1.I. The highest BCUT2D eigenvalue weighted by Crippen LogP contribution is 2.03. The predicted octanol–water partition coefficient (Wildman–Crippen LogP) is 2.08. The lowest BCUT2D eigenvalue weighted by atomic mass is 10.2. The summed E-state index contributed by atoms with van der Waals surface area (Å²) in [5, 5.41) is 6.74. The van der Waals surface area contributed by atoms with Crippen LogP contribution in [0.1, 0.15) is 26.7 Å². The second-order valence-electron chi connectivity index (χ2n) is 6.59. The molecule has 1 aromatic rings. The van der Waals surface area contributed by atoms with Crippen molar-refractivity contribution in [1.29, 1.82) is 0 Å². The van der Waals surface area contributed by atoms with Crippen molar-refractivity contribution in [2.75, 3.05) is 58.9 Å². The molecule has 6 nitrogen and oxygen atoms in total. The molecule has 2 N–H and O–H groups in total. The molecule has 26 heavy (non-hydrogen) atoms. The van der Waals surface area contributed by atoms with Crippen LogP contribution >= 0.6 is 24.0 Å². The summed E-state index contributed by atoms with van der Waals surface area (Å²) < 4.78 is 2.18. The monoisotopic (exact) mass is 476 g/mol. The van der Waals surface area contributed by atoms with Gasteiger partial charge in [0.1, 0.15) is 0 Å². The molecule has 1 aliphatic rings. The molecule has 0 bridgehead atoms. The van der Waals surface area contributed by atoms with Gasteiger partial charge in [-0.25, -0.2) is 0 Å². The number of likely N-dealkylation sites (N-methyl/N-ethyl adjacent to an activating group) is 1.